The Hall–Kier alpha value is -2.97. The molecule has 0 fully saturated rings. The van der Waals surface area contributed by atoms with Crippen molar-refractivity contribution in [2.45, 2.75) is 26.3 Å². The van der Waals surface area contributed by atoms with Gasteiger partial charge in [0.25, 0.3) is 5.56 Å². The summed E-state index contributed by atoms with van der Waals surface area (Å²) in [5.41, 5.74) is 4.30. The molecule has 0 amide bonds. The zero-order valence-corrected chi connectivity index (χ0v) is 18.4. The normalized spacial score (nSPS) is 12.4. The number of benzene rings is 1. The third-order valence-corrected chi connectivity index (χ3v) is 5.45. The fraction of sp³-hybridized carbons (Fsp3) is 0.435. The molecule has 8 heteroatoms. The van der Waals surface area contributed by atoms with E-state index in [2.05, 4.69) is 4.57 Å². The van der Waals surface area contributed by atoms with Crippen molar-refractivity contribution in [1.82, 2.24) is 14.1 Å². The van der Waals surface area contributed by atoms with Crippen molar-refractivity contribution in [2.24, 2.45) is 13.0 Å². The minimum Gasteiger partial charge on any atom is -0.481 e. The summed E-state index contributed by atoms with van der Waals surface area (Å²) >= 11 is 0. The second-order valence-corrected chi connectivity index (χ2v) is 7.76. The lowest BCUT2D eigenvalue weighted by molar-refractivity contribution is -0.143. The van der Waals surface area contributed by atoms with E-state index in [0.29, 0.717) is 31.6 Å². The molecule has 2 heterocycles. The number of pyridine rings is 1. The molecule has 166 valence electrons. The first-order valence-electron chi connectivity index (χ1n) is 10.2. The number of fused-ring (bicyclic) bond motifs is 1. The number of imidazole rings is 1. The minimum absolute atomic E-state index is 0.0327. The molecule has 3 rings (SSSR count). The Morgan fingerprint density at radius 2 is 2.00 bits per heavy atom. The van der Waals surface area contributed by atoms with Gasteiger partial charge in [0.2, 0.25) is 0 Å². The van der Waals surface area contributed by atoms with Crippen LogP contribution in [0.5, 0.6) is 0 Å². The average Bonchev–Trinajstić information content (AvgIpc) is 3.10. The van der Waals surface area contributed by atoms with E-state index in [4.69, 9.17) is 14.5 Å². The molecule has 2 aromatic heterocycles. The Morgan fingerprint density at radius 3 is 2.65 bits per heavy atom. The first-order valence-corrected chi connectivity index (χ1v) is 10.2. The molecule has 0 saturated carbocycles. The van der Waals surface area contributed by atoms with E-state index in [1.165, 1.54) is 7.11 Å². The molecule has 8 nitrogen and oxygen atoms in total. The summed E-state index contributed by atoms with van der Waals surface area (Å²) in [7, 11) is 4.90. The van der Waals surface area contributed by atoms with Gasteiger partial charge < -0.3 is 23.7 Å². The van der Waals surface area contributed by atoms with E-state index in [1.54, 1.807) is 31.8 Å². The van der Waals surface area contributed by atoms with Crippen LogP contribution in [0.1, 0.15) is 17.5 Å². The third-order valence-electron chi connectivity index (χ3n) is 5.45. The van der Waals surface area contributed by atoms with Gasteiger partial charge in [-0.1, -0.05) is 6.07 Å². The van der Waals surface area contributed by atoms with Crippen molar-refractivity contribution >= 4 is 17.0 Å². The van der Waals surface area contributed by atoms with E-state index < -0.39 is 11.9 Å². The first kappa shape index (κ1) is 22.7. The standard InChI is InChI=1S/C23H29N3O5/c1-15-11-18(13-25(2)22(15)27)21-24-19-12-16(5-7-17(14-31-4)23(28)29)6-8-20(19)26(21)9-10-30-3/h6,8,11-13,17H,5,7,9-10,14H2,1-4H3,(H,28,29)/t17-/m0/s1. The summed E-state index contributed by atoms with van der Waals surface area (Å²) < 4.78 is 14.0. The molecule has 0 bridgehead atoms. The average molecular weight is 428 g/mol. The van der Waals surface area contributed by atoms with Crippen LogP contribution in [-0.2, 0) is 34.3 Å². The van der Waals surface area contributed by atoms with Gasteiger partial charge in [0.05, 0.1) is 30.2 Å². The van der Waals surface area contributed by atoms with Crippen molar-refractivity contribution < 1.29 is 19.4 Å². The van der Waals surface area contributed by atoms with Gasteiger partial charge in [-0.15, -0.1) is 0 Å². The highest BCUT2D eigenvalue weighted by Crippen LogP contribution is 2.26. The molecule has 0 radical (unpaired) electrons. The van der Waals surface area contributed by atoms with Gasteiger partial charge in [0.1, 0.15) is 5.82 Å². The number of nitrogens with zero attached hydrogens (tertiary/aromatic N) is 3. The number of rotatable bonds is 10. The number of hydrogen-bond acceptors (Lipinski definition) is 5. The van der Waals surface area contributed by atoms with Gasteiger partial charge in [-0.2, -0.15) is 0 Å². The van der Waals surface area contributed by atoms with Gasteiger partial charge in [-0.3, -0.25) is 9.59 Å². The van der Waals surface area contributed by atoms with E-state index >= 15 is 0 Å². The summed E-state index contributed by atoms with van der Waals surface area (Å²) in [5, 5.41) is 9.33. The number of methoxy groups -OCH3 is 2. The molecule has 0 spiro atoms. The summed E-state index contributed by atoms with van der Waals surface area (Å²) in [4.78, 5) is 28.3. The van der Waals surface area contributed by atoms with Crippen molar-refractivity contribution in [1.29, 1.82) is 0 Å². The minimum atomic E-state index is -0.848. The molecule has 3 aromatic rings. The number of aliphatic carboxylic acids is 1. The second-order valence-electron chi connectivity index (χ2n) is 7.76. The van der Waals surface area contributed by atoms with E-state index in [-0.39, 0.29) is 12.2 Å². The molecule has 0 aliphatic carbocycles. The van der Waals surface area contributed by atoms with E-state index in [0.717, 1.165) is 28.0 Å². The molecular formula is C23H29N3O5. The maximum Gasteiger partial charge on any atom is 0.308 e. The topological polar surface area (TPSA) is 95.6 Å². The zero-order chi connectivity index (χ0) is 22.5. The van der Waals surface area contributed by atoms with Gasteiger partial charge in [-0.25, -0.2) is 4.98 Å². The third kappa shape index (κ3) is 5.03. The fourth-order valence-corrected chi connectivity index (χ4v) is 3.78. The lowest BCUT2D eigenvalue weighted by atomic mass is 10.00. The Labute approximate surface area is 181 Å². The van der Waals surface area contributed by atoms with Gasteiger partial charge in [-0.05, 0) is 43.5 Å². The van der Waals surface area contributed by atoms with Gasteiger partial charge in [0.15, 0.2) is 0 Å². The Morgan fingerprint density at radius 1 is 1.23 bits per heavy atom. The number of carbonyl (C=O) groups is 1. The fourth-order valence-electron chi connectivity index (χ4n) is 3.78. The molecule has 1 N–H and O–H groups in total. The van der Waals surface area contributed by atoms with Crippen LogP contribution in [-0.4, -0.2) is 52.6 Å². The van der Waals surface area contributed by atoms with Gasteiger partial charge in [0, 0.05) is 45.1 Å². The molecule has 0 saturated heterocycles. The predicted molar refractivity (Wildman–Crippen MR) is 118 cm³/mol. The van der Waals surface area contributed by atoms with Crippen LogP contribution in [0.15, 0.2) is 35.3 Å². The number of aromatic nitrogens is 3. The molecule has 0 aliphatic rings. The molecule has 1 atom stereocenters. The first-order chi connectivity index (χ1) is 14.8. The molecule has 0 unspecified atom stereocenters. The second kappa shape index (κ2) is 9.89. The van der Waals surface area contributed by atoms with Crippen molar-refractivity contribution in [2.75, 3.05) is 27.4 Å². The lowest BCUT2D eigenvalue weighted by Crippen LogP contribution is -2.19. The summed E-state index contributed by atoms with van der Waals surface area (Å²) in [6, 6.07) is 7.88. The smallest absolute Gasteiger partial charge is 0.308 e. The van der Waals surface area contributed by atoms with Crippen LogP contribution in [0, 0.1) is 12.8 Å². The summed E-state index contributed by atoms with van der Waals surface area (Å²) in [6.07, 6.45) is 2.91. The SMILES string of the molecule is COCCn1c(-c2cc(C)c(=O)n(C)c2)nc2cc(CC[C@@H](COC)C(=O)O)ccc21. The van der Waals surface area contributed by atoms with Crippen molar-refractivity contribution in [3.05, 3.63) is 51.9 Å². The van der Waals surface area contributed by atoms with Crippen LogP contribution in [0.4, 0.5) is 0 Å². The lowest BCUT2D eigenvalue weighted by Gasteiger charge is -2.11. The molecule has 31 heavy (non-hydrogen) atoms. The van der Waals surface area contributed by atoms with Crippen LogP contribution in [0.2, 0.25) is 0 Å². The molecule has 1 aromatic carbocycles. The van der Waals surface area contributed by atoms with Crippen LogP contribution >= 0.6 is 0 Å². The Balaban J connectivity index is 1.99. The summed E-state index contributed by atoms with van der Waals surface area (Å²) in [6.45, 7) is 3.14. The van der Waals surface area contributed by atoms with Crippen LogP contribution in [0.3, 0.4) is 0 Å². The number of carboxylic acid groups (broad SMARTS) is 1. The maximum atomic E-state index is 12.1. The monoisotopic (exact) mass is 427 g/mol. The van der Waals surface area contributed by atoms with Crippen molar-refractivity contribution in [3.8, 4) is 11.4 Å². The Bertz CT molecular complexity index is 1110. The molecule has 0 aliphatic heterocycles. The number of hydrogen-bond donors (Lipinski definition) is 1. The number of carboxylic acids is 1. The number of aryl methyl sites for hydroxylation is 3. The quantitative estimate of drug-likeness (QED) is 0.534. The number of ether oxygens (including phenoxy) is 2. The van der Waals surface area contributed by atoms with E-state index in [1.807, 2.05) is 24.3 Å². The predicted octanol–water partition coefficient (Wildman–Crippen LogP) is 2.64. The highest BCUT2D eigenvalue weighted by molar-refractivity contribution is 5.81. The van der Waals surface area contributed by atoms with Crippen LogP contribution < -0.4 is 5.56 Å². The maximum absolute atomic E-state index is 12.1. The van der Waals surface area contributed by atoms with Gasteiger partial charge >= 0.3 is 5.97 Å². The van der Waals surface area contributed by atoms with Crippen molar-refractivity contribution in [3.63, 3.8) is 0 Å². The zero-order valence-electron chi connectivity index (χ0n) is 18.4. The highest BCUT2D eigenvalue weighted by Gasteiger charge is 2.18. The summed E-state index contributed by atoms with van der Waals surface area (Å²) in [5.74, 6) is -0.617. The highest BCUT2D eigenvalue weighted by atomic mass is 16.5. The largest absolute Gasteiger partial charge is 0.481 e. The van der Waals surface area contributed by atoms with E-state index in [9.17, 15) is 14.7 Å². The molecular weight excluding hydrogens is 398 g/mol. The Kier molecular flexibility index (Phi) is 7.25. The van der Waals surface area contributed by atoms with Crippen LogP contribution in [0.25, 0.3) is 22.4 Å².